The Kier molecular flexibility index (Phi) is 4.33. The summed E-state index contributed by atoms with van der Waals surface area (Å²) in [6, 6.07) is 11.8. The summed E-state index contributed by atoms with van der Waals surface area (Å²) in [7, 11) is 0. The van der Waals surface area contributed by atoms with Crippen LogP contribution in [0.1, 0.15) is 18.1 Å². The lowest BCUT2D eigenvalue weighted by molar-refractivity contribution is 0.339. The van der Waals surface area contributed by atoms with Gasteiger partial charge >= 0.3 is 5.63 Å². The molecule has 0 unspecified atom stereocenters. The van der Waals surface area contributed by atoms with E-state index >= 15 is 0 Å². The molecule has 0 saturated carbocycles. The van der Waals surface area contributed by atoms with E-state index in [4.69, 9.17) is 9.15 Å². The summed E-state index contributed by atoms with van der Waals surface area (Å²) in [5.74, 6) is 0.780. The summed E-state index contributed by atoms with van der Waals surface area (Å²) in [5, 5.41) is 10.8. The van der Waals surface area contributed by atoms with Gasteiger partial charge in [0.2, 0.25) is 0 Å². The molecule has 3 aromatic rings. The number of hydrogen-bond acceptors (Lipinski definition) is 5. The van der Waals surface area contributed by atoms with Gasteiger partial charge in [-0.25, -0.2) is 4.79 Å². The number of aliphatic imine (C=N–C) groups is 1. The van der Waals surface area contributed by atoms with Gasteiger partial charge in [0, 0.05) is 29.3 Å². The van der Waals surface area contributed by atoms with Crippen molar-refractivity contribution in [2.45, 2.75) is 13.8 Å². The summed E-state index contributed by atoms with van der Waals surface area (Å²) in [5.41, 5.74) is 2.13. The fourth-order valence-electron chi connectivity index (χ4n) is 2.43. The van der Waals surface area contributed by atoms with Crippen molar-refractivity contribution in [1.29, 1.82) is 0 Å². The first-order valence-corrected chi connectivity index (χ1v) is 7.61. The first-order valence-electron chi connectivity index (χ1n) is 7.61. The standard InChI is InChI=1S/C19H17NO4/c1-3-23-15-5-7-17(21)13(9-15)11-20-14-4-6-16-12(2)8-19(22)24-18(16)10-14/h4-11,21H,3H2,1-2H3. The molecule has 122 valence electrons. The summed E-state index contributed by atoms with van der Waals surface area (Å²) in [6.45, 7) is 4.30. The number of phenols is 1. The van der Waals surface area contributed by atoms with E-state index in [1.54, 1.807) is 30.5 Å². The summed E-state index contributed by atoms with van der Waals surface area (Å²) < 4.78 is 10.6. The molecular weight excluding hydrogens is 306 g/mol. The topological polar surface area (TPSA) is 72.0 Å². The maximum atomic E-state index is 11.5. The Bertz CT molecular complexity index is 973. The highest BCUT2D eigenvalue weighted by molar-refractivity contribution is 5.88. The van der Waals surface area contributed by atoms with Crippen LogP contribution in [0, 0.1) is 6.92 Å². The van der Waals surface area contributed by atoms with Crippen LogP contribution < -0.4 is 10.4 Å². The molecule has 0 aliphatic carbocycles. The van der Waals surface area contributed by atoms with E-state index in [-0.39, 0.29) is 11.4 Å². The molecule has 3 rings (SSSR count). The highest BCUT2D eigenvalue weighted by atomic mass is 16.5. The molecule has 1 N–H and O–H groups in total. The average Bonchev–Trinajstić information content (AvgIpc) is 2.55. The van der Waals surface area contributed by atoms with Gasteiger partial charge in [0.1, 0.15) is 17.1 Å². The molecule has 5 heteroatoms. The Morgan fingerprint density at radius 1 is 1.21 bits per heavy atom. The Labute approximate surface area is 138 Å². The average molecular weight is 323 g/mol. The molecule has 0 fully saturated rings. The number of fused-ring (bicyclic) bond motifs is 1. The van der Waals surface area contributed by atoms with E-state index < -0.39 is 0 Å². The predicted molar refractivity (Wildman–Crippen MR) is 93.8 cm³/mol. The van der Waals surface area contributed by atoms with Gasteiger partial charge in [-0.2, -0.15) is 0 Å². The van der Waals surface area contributed by atoms with Crippen LogP contribution in [0.2, 0.25) is 0 Å². The van der Waals surface area contributed by atoms with Crippen molar-refractivity contribution in [3.8, 4) is 11.5 Å². The predicted octanol–water partition coefficient (Wildman–Crippen LogP) is 3.96. The Hall–Kier alpha value is -3.08. The molecular formula is C19H17NO4. The fourth-order valence-corrected chi connectivity index (χ4v) is 2.43. The third-order valence-electron chi connectivity index (χ3n) is 3.60. The van der Waals surface area contributed by atoms with Crippen molar-refractivity contribution < 1.29 is 14.3 Å². The SMILES string of the molecule is CCOc1ccc(O)c(C=Nc2ccc3c(C)cc(=O)oc3c2)c1. The van der Waals surface area contributed by atoms with Gasteiger partial charge in [-0.3, -0.25) is 4.99 Å². The Morgan fingerprint density at radius 2 is 2.04 bits per heavy atom. The summed E-state index contributed by atoms with van der Waals surface area (Å²) in [6.07, 6.45) is 1.55. The maximum absolute atomic E-state index is 11.5. The van der Waals surface area contributed by atoms with Crippen molar-refractivity contribution >= 4 is 22.9 Å². The summed E-state index contributed by atoms with van der Waals surface area (Å²) >= 11 is 0. The van der Waals surface area contributed by atoms with Crippen LogP contribution in [0.5, 0.6) is 11.5 Å². The van der Waals surface area contributed by atoms with E-state index in [9.17, 15) is 9.90 Å². The molecule has 24 heavy (non-hydrogen) atoms. The first-order chi connectivity index (χ1) is 11.6. The van der Waals surface area contributed by atoms with Crippen LogP contribution >= 0.6 is 0 Å². The quantitative estimate of drug-likeness (QED) is 0.583. The van der Waals surface area contributed by atoms with Crippen LogP contribution in [0.3, 0.4) is 0 Å². The molecule has 0 spiro atoms. The highest BCUT2D eigenvalue weighted by Gasteiger charge is 2.04. The maximum Gasteiger partial charge on any atom is 0.336 e. The van der Waals surface area contributed by atoms with Crippen molar-refractivity contribution in [1.82, 2.24) is 0 Å². The molecule has 0 saturated heterocycles. The minimum Gasteiger partial charge on any atom is -0.507 e. The van der Waals surface area contributed by atoms with Crippen LogP contribution in [0.4, 0.5) is 5.69 Å². The van der Waals surface area contributed by atoms with Gasteiger partial charge in [-0.15, -0.1) is 0 Å². The molecule has 0 radical (unpaired) electrons. The van der Waals surface area contributed by atoms with Crippen LogP contribution in [0.15, 0.2) is 56.7 Å². The second kappa shape index (κ2) is 6.58. The Balaban J connectivity index is 1.96. The molecule has 2 aromatic carbocycles. The number of phenolic OH excluding ortho intramolecular Hbond substituents is 1. The third kappa shape index (κ3) is 3.30. The minimum absolute atomic E-state index is 0.116. The van der Waals surface area contributed by atoms with Gasteiger partial charge in [-0.05, 0) is 49.7 Å². The number of ether oxygens (including phenoxy) is 1. The van der Waals surface area contributed by atoms with E-state index in [1.807, 2.05) is 26.0 Å². The zero-order valence-electron chi connectivity index (χ0n) is 13.4. The highest BCUT2D eigenvalue weighted by Crippen LogP contribution is 2.25. The fraction of sp³-hybridized carbons (Fsp3) is 0.158. The van der Waals surface area contributed by atoms with Crippen molar-refractivity contribution in [2.24, 2.45) is 4.99 Å². The van der Waals surface area contributed by atoms with Gasteiger partial charge < -0.3 is 14.3 Å². The van der Waals surface area contributed by atoms with Crippen LogP contribution in [0.25, 0.3) is 11.0 Å². The van der Waals surface area contributed by atoms with Crippen LogP contribution in [-0.2, 0) is 0 Å². The van der Waals surface area contributed by atoms with Crippen molar-refractivity contribution in [3.05, 3.63) is 64.0 Å². The molecule has 5 nitrogen and oxygen atoms in total. The smallest absolute Gasteiger partial charge is 0.336 e. The number of nitrogens with zero attached hydrogens (tertiary/aromatic N) is 1. The zero-order chi connectivity index (χ0) is 17.1. The second-order valence-electron chi connectivity index (χ2n) is 5.34. The number of aryl methyl sites for hydroxylation is 1. The lowest BCUT2D eigenvalue weighted by Crippen LogP contribution is -1.97. The number of benzene rings is 2. The van der Waals surface area contributed by atoms with Gasteiger partial charge in [0.15, 0.2) is 0 Å². The number of hydrogen-bond donors (Lipinski definition) is 1. The molecule has 1 aromatic heterocycles. The molecule has 0 aliphatic rings. The van der Waals surface area contributed by atoms with Gasteiger partial charge in [-0.1, -0.05) is 0 Å². The van der Waals surface area contributed by atoms with E-state index in [2.05, 4.69) is 4.99 Å². The van der Waals surface area contributed by atoms with E-state index in [0.29, 0.717) is 29.2 Å². The van der Waals surface area contributed by atoms with E-state index in [0.717, 1.165) is 10.9 Å². The van der Waals surface area contributed by atoms with Gasteiger partial charge in [0.05, 0.1) is 12.3 Å². The van der Waals surface area contributed by atoms with Crippen molar-refractivity contribution in [2.75, 3.05) is 6.61 Å². The number of rotatable bonds is 4. The lowest BCUT2D eigenvalue weighted by Gasteiger charge is -2.05. The zero-order valence-corrected chi connectivity index (χ0v) is 13.4. The largest absolute Gasteiger partial charge is 0.507 e. The van der Waals surface area contributed by atoms with Crippen molar-refractivity contribution in [3.63, 3.8) is 0 Å². The van der Waals surface area contributed by atoms with E-state index in [1.165, 1.54) is 6.07 Å². The van der Waals surface area contributed by atoms with Crippen LogP contribution in [-0.4, -0.2) is 17.9 Å². The molecule has 0 aliphatic heterocycles. The minimum atomic E-state index is -0.386. The Morgan fingerprint density at radius 3 is 2.83 bits per heavy atom. The second-order valence-corrected chi connectivity index (χ2v) is 5.34. The molecule has 0 bridgehead atoms. The summed E-state index contributed by atoms with van der Waals surface area (Å²) in [4.78, 5) is 15.8. The number of aromatic hydroxyl groups is 1. The monoisotopic (exact) mass is 323 g/mol. The molecule has 1 heterocycles. The lowest BCUT2D eigenvalue weighted by atomic mass is 10.1. The third-order valence-corrected chi connectivity index (χ3v) is 3.60. The molecule has 0 amide bonds. The normalized spacial score (nSPS) is 11.2. The first kappa shape index (κ1) is 15.8. The van der Waals surface area contributed by atoms with Gasteiger partial charge in [0.25, 0.3) is 0 Å². The molecule has 0 atom stereocenters.